The smallest absolute Gasteiger partial charge is 0.247 e. The summed E-state index contributed by atoms with van der Waals surface area (Å²) >= 11 is 5.96. The molecule has 4 aromatic rings. The summed E-state index contributed by atoms with van der Waals surface area (Å²) in [5, 5.41) is 5.55. The minimum Gasteiger partial charge on any atom is -0.494 e. The van der Waals surface area contributed by atoms with E-state index in [9.17, 15) is 4.79 Å². The minimum absolute atomic E-state index is 0.0720. The number of ether oxygens (including phenoxy) is 1. The lowest BCUT2D eigenvalue weighted by molar-refractivity contribution is -0.120. The van der Waals surface area contributed by atoms with E-state index in [1.54, 1.807) is 25.3 Å². The Morgan fingerprint density at radius 3 is 3.00 bits per heavy atom. The standard InChI is InChI=1S/C20H16ClN5O2/c1-28-17-4-2-3-12-5-7-14(23-20(12)17)11-22-26-19(27)10-18-24-15-8-6-13(21)9-16(15)25-18/h2-9,11H,10H2,1H3,(H,24,25)(H,26,27)/b22-11-. The molecule has 0 aliphatic carbocycles. The minimum atomic E-state index is -0.292. The van der Waals surface area contributed by atoms with E-state index in [4.69, 9.17) is 16.3 Å². The second-order valence-corrected chi connectivity index (χ2v) is 6.52. The number of aromatic amines is 1. The molecule has 7 nitrogen and oxygen atoms in total. The van der Waals surface area contributed by atoms with Gasteiger partial charge in [0.15, 0.2) is 0 Å². The van der Waals surface area contributed by atoms with Crippen LogP contribution in [0.4, 0.5) is 0 Å². The van der Waals surface area contributed by atoms with Crippen LogP contribution in [0, 0.1) is 0 Å². The van der Waals surface area contributed by atoms with Gasteiger partial charge in [-0.15, -0.1) is 0 Å². The van der Waals surface area contributed by atoms with Crippen LogP contribution >= 0.6 is 11.6 Å². The van der Waals surface area contributed by atoms with Gasteiger partial charge in [-0.1, -0.05) is 29.8 Å². The second-order valence-electron chi connectivity index (χ2n) is 6.08. The molecule has 0 saturated heterocycles. The largest absolute Gasteiger partial charge is 0.494 e. The van der Waals surface area contributed by atoms with Gasteiger partial charge in [0.25, 0.3) is 0 Å². The SMILES string of the molecule is COc1cccc2ccc(/C=N\NC(=O)Cc3nc4ccc(Cl)cc4[nH]3)nc12. The number of aromatic nitrogens is 3. The monoisotopic (exact) mass is 393 g/mol. The van der Waals surface area contributed by atoms with Gasteiger partial charge in [0.05, 0.1) is 36.5 Å². The highest BCUT2D eigenvalue weighted by Crippen LogP contribution is 2.23. The lowest BCUT2D eigenvalue weighted by Gasteiger charge is -2.04. The first kappa shape index (κ1) is 17.9. The third kappa shape index (κ3) is 3.79. The summed E-state index contributed by atoms with van der Waals surface area (Å²) < 4.78 is 5.33. The van der Waals surface area contributed by atoms with Gasteiger partial charge < -0.3 is 9.72 Å². The molecule has 0 unspecified atom stereocenters. The molecule has 0 aliphatic rings. The van der Waals surface area contributed by atoms with Crippen molar-refractivity contribution in [3.63, 3.8) is 0 Å². The summed E-state index contributed by atoms with van der Waals surface area (Å²) in [5.41, 5.74) is 5.37. The molecule has 2 aromatic carbocycles. The molecule has 0 aliphatic heterocycles. The molecule has 140 valence electrons. The van der Waals surface area contributed by atoms with E-state index in [1.165, 1.54) is 6.21 Å². The molecule has 0 fully saturated rings. The van der Waals surface area contributed by atoms with Gasteiger partial charge in [0.1, 0.15) is 17.1 Å². The highest BCUT2D eigenvalue weighted by atomic mass is 35.5. The number of halogens is 1. The van der Waals surface area contributed by atoms with Crippen molar-refractivity contribution in [2.75, 3.05) is 7.11 Å². The fourth-order valence-corrected chi connectivity index (χ4v) is 3.02. The van der Waals surface area contributed by atoms with Crippen molar-refractivity contribution < 1.29 is 9.53 Å². The van der Waals surface area contributed by atoms with E-state index in [-0.39, 0.29) is 12.3 Å². The van der Waals surface area contributed by atoms with Crippen LogP contribution in [0.25, 0.3) is 21.9 Å². The zero-order chi connectivity index (χ0) is 19.5. The van der Waals surface area contributed by atoms with Crippen molar-refractivity contribution in [1.82, 2.24) is 20.4 Å². The zero-order valence-electron chi connectivity index (χ0n) is 14.9. The van der Waals surface area contributed by atoms with E-state index in [1.807, 2.05) is 30.3 Å². The number of nitrogens with zero attached hydrogens (tertiary/aromatic N) is 3. The van der Waals surface area contributed by atoms with Crippen molar-refractivity contribution in [3.8, 4) is 5.75 Å². The van der Waals surface area contributed by atoms with E-state index < -0.39 is 0 Å². The van der Waals surface area contributed by atoms with Gasteiger partial charge in [-0.3, -0.25) is 4.79 Å². The van der Waals surface area contributed by atoms with E-state index >= 15 is 0 Å². The average molecular weight is 394 g/mol. The number of pyridine rings is 1. The zero-order valence-corrected chi connectivity index (χ0v) is 15.7. The number of hydrazone groups is 1. The van der Waals surface area contributed by atoms with Crippen molar-refractivity contribution >= 4 is 45.7 Å². The number of H-pyrrole nitrogens is 1. The van der Waals surface area contributed by atoms with Gasteiger partial charge >= 0.3 is 0 Å². The quantitative estimate of drug-likeness (QED) is 0.401. The van der Waals surface area contributed by atoms with Crippen LogP contribution < -0.4 is 10.2 Å². The summed E-state index contributed by atoms with van der Waals surface area (Å²) in [6, 6.07) is 14.8. The first-order valence-corrected chi connectivity index (χ1v) is 8.90. The Morgan fingerprint density at radius 2 is 2.14 bits per heavy atom. The molecule has 2 heterocycles. The van der Waals surface area contributed by atoms with E-state index in [0.717, 1.165) is 21.9 Å². The maximum absolute atomic E-state index is 12.1. The molecule has 0 atom stereocenters. The van der Waals surface area contributed by atoms with Gasteiger partial charge in [-0.05, 0) is 30.3 Å². The van der Waals surface area contributed by atoms with Crippen LogP contribution in [0.1, 0.15) is 11.5 Å². The molecule has 0 radical (unpaired) electrons. The maximum Gasteiger partial charge on any atom is 0.247 e. The summed E-state index contributed by atoms with van der Waals surface area (Å²) in [6.45, 7) is 0. The Balaban J connectivity index is 1.43. The van der Waals surface area contributed by atoms with Crippen LogP contribution in [0.5, 0.6) is 5.75 Å². The second kappa shape index (κ2) is 7.66. The molecule has 1 amide bonds. The topological polar surface area (TPSA) is 92.3 Å². The number of imidazole rings is 1. The number of para-hydroxylation sites is 1. The van der Waals surface area contributed by atoms with Gasteiger partial charge in [0.2, 0.25) is 5.91 Å². The molecule has 4 rings (SSSR count). The maximum atomic E-state index is 12.1. The predicted octanol–water partition coefficient (Wildman–Crippen LogP) is 3.47. The Kier molecular flexibility index (Phi) is 4.90. The molecule has 2 N–H and O–H groups in total. The molecule has 0 bridgehead atoms. The number of hydrogen-bond donors (Lipinski definition) is 2. The van der Waals surface area contributed by atoms with Gasteiger partial charge in [0, 0.05) is 10.4 Å². The predicted molar refractivity (Wildman–Crippen MR) is 109 cm³/mol. The number of fused-ring (bicyclic) bond motifs is 2. The number of methoxy groups -OCH3 is 1. The van der Waals surface area contributed by atoms with E-state index in [0.29, 0.717) is 22.3 Å². The van der Waals surface area contributed by atoms with Crippen LogP contribution in [0.15, 0.2) is 53.6 Å². The van der Waals surface area contributed by atoms with Crippen molar-refractivity contribution in [2.45, 2.75) is 6.42 Å². The molecular formula is C20H16ClN5O2. The highest BCUT2D eigenvalue weighted by molar-refractivity contribution is 6.31. The van der Waals surface area contributed by atoms with Gasteiger partial charge in [-0.25, -0.2) is 15.4 Å². The third-order valence-corrected chi connectivity index (χ3v) is 4.37. The van der Waals surface area contributed by atoms with Crippen molar-refractivity contribution in [1.29, 1.82) is 0 Å². The summed E-state index contributed by atoms with van der Waals surface area (Å²) in [7, 11) is 1.60. The van der Waals surface area contributed by atoms with Crippen LogP contribution in [-0.2, 0) is 11.2 Å². The van der Waals surface area contributed by atoms with Gasteiger partial charge in [-0.2, -0.15) is 5.10 Å². The summed E-state index contributed by atoms with van der Waals surface area (Å²) in [6.07, 6.45) is 1.56. The summed E-state index contributed by atoms with van der Waals surface area (Å²) in [5.74, 6) is 0.931. The number of nitrogens with one attached hydrogen (secondary N) is 2. The van der Waals surface area contributed by atoms with Crippen molar-refractivity contribution in [2.24, 2.45) is 5.10 Å². The number of carbonyl (C=O) groups excluding carboxylic acids is 1. The highest BCUT2D eigenvalue weighted by Gasteiger charge is 2.08. The van der Waals surface area contributed by atoms with Crippen LogP contribution in [0.2, 0.25) is 5.02 Å². The van der Waals surface area contributed by atoms with Crippen LogP contribution in [0.3, 0.4) is 0 Å². The Labute approximate surface area is 165 Å². The average Bonchev–Trinajstić information content (AvgIpc) is 3.08. The number of hydrogen-bond acceptors (Lipinski definition) is 5. The number of benzene rings is 2. The number of carbonyl (C=O) groups is 1. The lowest BCUT2D eigenvalue weighted by atomic mass is 10.2. The van der Waals surface area contributed by atoms with Crippen LogP contribution in [-0.4, -0.2) is 34.2 Å². The Morgan fingerprint density at radius 1 is 1.25 bits per heavy atom. The van der Waals surface area contributed by atoms with E-state index in [2.05, 4.69) is 25.5 Å². The molecule has 2 aromatic heterocycles. The molecule has 28 heavy (non-hydrogen) atoms. The Bertz CT molecular complexity index is 1200. The number of rotatable bonds is 5. The molecule has 0 saturated carbocycles. The fourth-order valence-electron chi connectivity index (χ4n) is 2.85. The molecule has 8 heteroatoms. The first-order chi connectivity index (χ1) is 13.6. The first-order valence-electron chi connectivity index (χ1n) is 8.52. The molecule has 0 spiro atoms. The summed E-state index contributed by atoms with van der Waals surface area (Å²) in [4.78, 5) is 24.0. The lowest BCUT2D eigenvalue weighted by Crippen LogP contribution is -2.20. The number of amides is 1. The fraction of sp³-hybridized carbons (Fsp3) is 0.100. The third-order valence-electron chi connectivity index (χ3n) is 4.13. The Hall–Kier alpha value is -3.45. The molecular weight excluding hydrogens is 378 g/mol. The van der Waals surface area contributed by atoms with Crippen molar-refractivity contribution in [3.05, 3.63) is 65.1 Å². The normalized spacial score (nSPS) is 11.4.